The fourth-order valence-corrected chi connectivity index (χ4v) is 3.80. The summed E-state index contributed by atoms with van der Waals surface area (Å²) in [6, 6.07) is 3.56. The van der Waals surface area contributed by atoms with Crippen LogP contribution in [0.4, 0.5) is 0 Å². The van der Waals surface area contributed by atoms with Gasteiger partial charge in [-0.1, -0.05) is 6.92 Å². The van der Waals surface area contributed by atoms with Gasteiger partial charge >= 0.3 is 0 Å². The van der Waals surface area contributed by atoms with Crippen molar-refractivity contribution < 1.29 is 9.59 Å². The van der Waals surface area contributed by atoms with E-state index in [1.165, 1.54) is 4.52 Å². The van der Waals surface area contributed by atoms with Crippen LogP contribution in [0.1, 0.15) is 36.5 Å². The maximum absolute atomic E-state index is 12.9. The number of fused-ring (bicyclic) bond motifs is 5. The maximum atomic E-state index is 12.9. The molecule has 24 heavy (non-hydrogen) atoms. The van der Waals surface area contributed by atoms with E-state index >= 15 is 0 Å². The summed E-state index contributed by atoms with van der Waals surface area (Å²) in [5.41, 5.74) is 1.11. The Morgan fingerprint density at radius 2 is 2.21 bits per heavy atom. The zero-order valence-electron chi connectivity index (χ0n) is 13.6. The average Bonchev–Trinajstić information content (AvgIpc) is 2.90. The molecule has 8 heteroatoms. The Kier molecular flexibility index (Phi) is 3.66. The number of hydrogen-bond acceptors (Lipinski definition) is 5. The molecule has 126 valence electrons. The standard InChI is InChI=1S/C16H20N6O2/c1-2-6-21-13-4-3-12(16(21)24)9-20(10-13)15(23)11-5-7-22-14(8-11)17-18-19-22/h5,7-8,12-13H,2-4,6,9-10H2,1H3/t12-,13+/m1/s1. The van der Waals surface area contributed by atoms with E-state index in [4.69, 9.17) is 0 Å². The predicted molar refractivity (Wildman–Crippen MR) is 85.2 cm³/mol. The lowest BCUT2D eigenvalue weighted by Gasteiger charge is -2.35. The first-order chi connectivity index (χ1) is 11.7. The van der Waals surface area contributed by atoms with E-state index in [9.17, 15) is 9.59 Å². The van der Waals surface area contributed by atoms with Crippen LogP contribution in [0.2, 0.25) is 0 Å². The van der Waals surface area contributed by atoms with Crippen LogP contribution >= 0.6 is 0 Å². The van der Waals surface area contributed by atoms with Gasteiger partial charge in [0.25, 0.3) is 5.91 Å². The van der Waals surface area contributed by atoms with Gasteiger partial charge in [-0.25, -0.2) is 4.52 Å². The lowest BCUT2D eigenvalue weighted by molar-refractivity contribution is -0.139. The van der Waals surface area contributed by atoms with E-state index in [1.54, 1.807) is 18.3 Å². The molecule has 3 fully saturated rings. The Morgan fingerprint density at radius 3 is 3.04 bits per heavy atom. The number of carbonyl (C=O) groups is 2. The second-order valence-electron chi connectivity index (χ2n) is 6.57. The van der Waals surface area contributed by atoms with Crippen molar-refractivity contribution in [1.82, 2.24) is 29.8 Å². The fraction of sp³-hybridized carbons (Fsp3) is 0.562. The van der Waals surface area contributed by atoms with Crippen molar-refractivity contribution in [2.45, 2.75) is 32.2 Å². The van der Waals surface area contributed by atoms with Gasteiger partial charge < -0.3 is 9.80 Å². The molecule has 2 aromatic heterocycles. The van der Waals surface area contributed by atoms with E-state index in [2.05, 4.69) is 22.4 Å². The van der Waals surface area contributed by atoms with E-state index in [1.807, 2.05) is 9.80 Å². The van der Waals surface area contributed by atoms with Crippen LogP contribution in [0.15, 0.2) is 18.3 Å². The van der Waals surface area contributed by atoms with Crippen LogP contribution < -0.4 is 0 Å². The van der Waals surface area contributed by atoms with Gasteiger partial charge in [0, 0.05) is 37.4 Å². The number of amides is 2. The summed E-state index contributed by atoms with van der Waals surface area (Å²) in [4.78, 5) is 29.3. The second kappa shape index (κ2) is 5.85. The van der Waals surface area contributed by atoms with Crippen LogP contribution in [-0.4, -0.2) is 67.3 Å². The molecular formula is C16H20N6O2. The van der Waals surface area contributed by atoms with Crippen LogP contribution in [0, 0.1) is 5.92 Å². The van der Waals surface area contributed by atoms with Gasteiger partial charge in [0.15, 0.2) is 5.65 Å². The van der Waals surface area contributed by atoms with Gasteiger partial charge in [0.2, 0.25) is 5.91 Å². The van der Waals surface area contributed by atoms with Gasteiger partial charge in [-0.05, 0) is 41.8 Å². The number of rotatable bonds is 3. The molecule has 2 atom stereocenters. The summed E-state index contributed by atoms with van der Waals surface area (Å²) in [6.45, 7) is 3.97. The summed E-state index contributed by atoms with van der Waals surface area (Å²) in [5.74, 6) is 0.0850. The first-order valence-electron chi connectivity index (χ1n) is 8.45. The lowest BCUT2D eigenvalue weighted by atomic mass is 9.94. The third kappa shape index (κ3) is 2.42. The molecule has 2 bridgehead atoms. The number of tetrazole rings is 1. The summed E-state index contributed by atoms with van der Waals surface area (Å²) in [5, 5.41) is 11.3. The number of piperidine rings is 1. The molecule has 2 aromatic rings. The largest absolute Gasteiger partial charge is 0.338 e. The molecule has 0 radical (unpaired) electrons. The smallest absolute Gasteiger partial charge is 0.254 e. The molecule has 5 heterocycles. The Bertz CT molecular complexity index is 788. The second-order valence-corrected chi connectivity index (χ2v) is 6.57. The first kappa shape index (κ1) is 15.0. The molecule has 2 amide bonds. The number of carbonyl (C=O) groups excluding carboxylic acids is 2. The number of nitrogens with zero attached hydrogens (tertiary/aromatic N) is 6. The van der Waals surface area contributed by atoms with Gasteiger partial charge in [-0.15, -0.1) is 5.10 Å². The van der Waals surface area contributed by atoms with Crippen molar-refractivity contribution in [3.63, 3.8) is 0 Å². The Labute approximate surface area is 139 Å². The number of pyridine rings is 1. The van der Waals surface area contributed by atoms with E-state index in [0.29, 0.717) is 24.3 Å². The zero-order chi connectivity index (χ0) is 16.7. The maximum Gasteiger partial charge on any atom is 0.254 e. The summed E-state index contributed by atoms with van der Waals surface area (Å²) in [7, 11) is 0. The Morgan fingerprint density at radius 1 is 1.33 bits per heavy atom. The van der Waals surface area contributed by atoms with Crippen molar-refractivity contribution in [2.75, 3.05) is 19.6 Å². The monoisotopic (exact) mass is 328 g/mol. The molecule has 3 aliphatic rings. The van der Waals surface area contributed by atoms with Crippen LogP contribution in [0.3, 0.4) is 0 Å². The first-order valence-corrected chi connectivity index (χ1v) is 8.45. The highest BCUT2D eigenvalue weighted by atomic mass is 16.2. The van der Waals surface area contributed by atoms with Crippen molar-refractivity contribution in [1.29, 1.82) is 0 Å². The minimum Gasteiger partial charge on any atom is -0.338 e. The van der Waals surface area contributed by atoms with E-state index in [-0.39, 0.29) is 23.8 Å². The van der Waals surface area contributed by atoms with Crippen molar-refractivity contribution in [2.24, 2.45) is 5.92 Å². The molecule has 0 N–H and O–H groups in total. The van der Waals surface area contributed by atoms with Crippen LogP contribution in [-0.2, 0) is 4.79 Å². The predicted octanol–water partition coefficient (Wildman–Crippen LogP) is 0.597. The number of hydrogen-bond donors (Lipinski definition) is 0. The molecule has 5 rings (SSSR count). The van der Waals surface area contributed by atoms with Crippen molar-refractivity contribution in [3.05, 3.63) is 23.9 Å². The third-order valence-electron chi connectivity index (χ3n) is 4.99. The van der Waals surface area contributed by atoms with Crippen molar-refractivity contribution >= 4 is 17.5 Å². The molecule has 3 aliphatic heterocycles. The minimum absolute atomic E-state index is 0.0523. The third-order valence-corrected chi connectivity index (χ3v) is 4.99. The fourth-order valence-electron chi connectivity index (χ4n) is 3.80. The van der Waals surface area contributed by atoms with Gasteiger partial charge in [0.1, 0.15) is 0 Å². The molecular weight excluding hydrogens is 308 g/mol. The van der Waals surface area contributed by atoms with Crippen molar-refractivity contribution in [3.8, 4) is 0 Å². The summed E-state index contributed by atoms with van der Waals surface area (Å²) >= 11 is 0. The molecule has 0 aliphatic carbocycles. The highest BCUT2D eigenvalue weighted by Crippen LogP contribution is 2.30. The molecule has 0 aromatic carbocycles. The summed E-state index contributed by atoms with van der Waals surface area (Å²) in [6.07, 6.45) is 4.48. The Balaban J connectivity index is 1.60. The highest BCUT2D eigenvalue weighted by molar-refractivity contribution is 5.95. The summed E-state index contributed by atoms with van der Waals surface area (Å²) < 4.78 is 1.52. The van der Waals surface area contributed by atoms with Gasteiger partial charge in [-0.2, -0.15) is 0 Å². The quantitative estimate of drug-likeness (QED) is 0.824. The molecule has 0 unspecified atom stereocenters. The average molecular weight is 328 g/mol. The molecule has 3 saturated heterocycles. The molecule has 8 nitrogen and oxygen atoms in total. The molecule has 0 spiro atoms. The highest BCUT2D eigenvalue weighted by Gasteiger charge is 2.41. The molecule has 0 saturated carbocycles. The van der Waals surface area contributed by atoms with E-state index in [0.717, 1.165) is 25.8 Å². The SMILES string of the molecule is CCCN1C(=O)[C@@H]2CC[C@H]1CN(C(=O)c1ccn3nnnc3c1)C2. The van der Waals surface area contributed by atoms with E-state index < -0.39 is 0 Å². The topological polar surface area (TPSA) is 83.7 Å². The number of aromatic nitrogens is 4. The van der Waals surface area contributed by atoms with Gasteiger partial charge in [-0.3, -0.25) is 9.59 Å². The lowest BCUT2D eigenvalue weighted by Crippen LogP contribution is -2.48. The normalized spacial score (nSPS) is 23.8. The zero-order valence-corrected chi connectivity index (χ0v) is 13.6. The minimum atomic E-state index is -0.0715. The van der Waals surface area contributed by atoms with Gasteiger partial charge in [0.05, 0.1) is 5.92 Å². The van der Waals surface area contributed by atoms with Crippen LogP contribution in [0.25, 0.3) is 5.65 Å². The Hall–Kier alpha value is -2.51. The van der Waals surface area contributed by atoms with Crippen LogP contribution in [0.5, 0.6) is 0 Å².